The lowest BCUT2D eigenvalue weighted by Crippen LogP contribution is -2.01. The number of hydrogen-bond acceptors (Lipinski definition) is 3. The minimum absolute atomic E-state index is 0.0223. The Labute approximate surface area is 114 Å². The lowest BCUT2D eigenvalue weighted by Gasteiger charge is -2.09. The number of nitriles is 1. The van der Waals surface area contributed by atoms with Crippen LogP contribution in [0.2, 0.25) is 0 Å². The van der Waals surface area contributed by atoms with Gasteiger partial charge in [0.15, 0.2) is 11.6 Å². The van der Waals surface area contributed by atoms with E-state index in [4.69, 9.17) is 15.1 Å². The molecular weight excluding hydrogens is 264 g/mol. The Kier molecular flexibility index (Phi) is 4.28. The summed E-state index contributed by atoms with van der Waals surface area (Å²) in [5, 5.41) is 17.5. The second kappa shape index (κ2) is 6.13. The van der Waals surface area contributed by atoms with Gasteiger partial charge in [-0.15, -0.1) is 0 Å². The summed E-state index contributed by atoms with van der Waals surface area (Å²) in [5.74, 6) is -1.21. The van der Waals surface area contributed by atoms with Crippen molar-refractivity contribution in [1.82, 2.24) is 0 Å². The molecule has 0 aliphatic heterocycles. The zero-order chi connectivity index (χ0) is 14.5. The first kappa shape index (κ1) is 14.0. The number of hydrogen-bond donors (Lipinski definition) is 1. The second-order valence-electron chi connectivity index (χ2n) is 4.13. The van der Waals surface area contributed by atoms with Crippen molar-refractivity contribution >= 4 is 0 Å². The highest BCUT2D eigenvalue weighted by Gasteiger charge is 2.08. The Morgan fingerprint density at radius 2 is 1.90 bits per heavy atom. The fourth-order valence-corrected chi connectivity index (χ4v) is 1.65. The first-order chi connectivity index (χ1) is 9.63. The molecule has 5 heteroatoms. The van der Waals surface area contributed by atoms with E-state index in [1.165, 1.54) is 24.3 Å². The SMILES string of the molecule is N#Cc1ccc(COc2ccc(CO)cc2F)c(F)c1. The quantitative estimate of drug-likeness (QED) is 0.933. The number of aliphatic hydroxyl groups is 1. The molecule has 0 aliphatic rings. The summed E-state index contributed by atoms with van der Waals surface area (Å²) in [6, 6.07) is 9.87. The highest BCUT2D eigenvalue weighted by Crippen LogP contribution is 2.20. The third kappa shape index (κ3) is 3.11. The molecule has 0 amide bonds. The highest BCUT2D eigenvalue weighted by atomic mass is 19.1. The van der Waals surface area contributed by atoms with Crippen LogP contribution in [0.4, 0.5) is 8.78 Å². The van der Waals surface area contributed by atoms with Gasteiger partial charge in [0.2, 0.25) is 0 Å². The van der Waals surface area contributed by atoms with Gasteiger partial charge in [0.1, 0.15) is 12.4 Å². The zero-order valence-corrected chi connectivity index (χ0v) is 10.4. The summed E-state index contributed by atoms with van der Waals surface area (Å²) in [5.41, 5.74) is 0.874. The summed E-state index contributed by atoms with van der Waals surface area (Å²) in [7, 11) is 0. The third-order valence-corrected chi connectivity index (χ3v) is 2.74. The van der Waals surface area contributed by atoms with Crippen molar-refractivity contribution in [2.45, 2.75) is 13.2 Å². The van der Waals surface area contributed by atoms with Gasteiger partial charge < -0.3 is 9.84 Å². The molecule has 102 valence electrons. The molecule has 20 heavy (non-hydrogen) atoms. The first-order valence-corrected chi connectivity index (χ1v) is 5.84. The summed E-state index contributed by atoms with van der Waals surface area (Å²) >= 11 is 0. The third-order valence-electron chi connectivity index (χ3n) is 2.74. The molecule has 1 N–H and O–H groups in total. The average molecular weight is 275 g/mol. The molecule has 0 aliphatic carbocycles. The molecule has 0 aromatic heterocycles. The maximum absolute atomic E-state index is 13.6. The lowest BCUT2D eigenvalue weighted by atomic mass is 10.1. The van der Waals surface area contributed by atoms with Crippen LogP contribution in [-0.2, 0) is 13.2 Å². The molecule has 0 atom stereocenters. The van der Waals surface area contributed by atoms with Crippen LogP contribution < -0.4 is 4.74 Å². The Hall–Kier alpha value is -2.45. The maximum atomic E-state index is 13.6. The van der Waals surface area contributed by atoms with E-state index >= 15 is 0 Å². The van der Waals surface area contributed by atoms with E-state index in [0.29, 0.717) is 5.56 Å². The molecule has 0 unspecified atom stereocenters. The van der Waals surface area contributed by atoms with E-state index in [-0.39, 0.29) is 30.1 Å². The van der Waals surface area contributed by atoms with Gasteiger partial charge in [-0.2, -0.15) is 5.26 Å². The van der Waals surface area contributed by atoms with Crippen LogP contribution in [0, 0.1) is 23.0 Å². The van der Waals surface area contributed by atoms with Crippen LogP contribution in [0.15, 0.2) is 36.4 Å². The van der Waals surface area contributed by atoms with Crippen molar-refractivity contribution in [3.05, 3.63) is 64.7 Å². The summed E-state index contributed by atoms with van der Waals surface area (Å²) in [6.45, 7) is -0.408. The van der Waals surface area contributed by atoms with E-state index in [9.17, 15) is 8.78 Å². The maximum Gasteiger partial charge on any atom is 0.165 e. The predicted molar refractivity (Wildman–Crippen MR) is 67.8 cm³/mol. The van der Waals surface area contributed by atoms with Gasteiger partial charge in [-0.05, 0) is 29.8 Å². The van der Waals surface area contributed by atoms with Crippen LogP contribution >= 0.6 is 0 Å². The first-order valence-electron chi connectivity index (χ1n) is 5.84. The van der Waals surface area contributed by atoms with Crippen molar-refractivity contribution in [3.63, 3.8) is 0 Å². The number of halogens is 2. The standard InChI is InChI=1S/C15H11F2NO2/c16-13-5-10(7-18)1-3-12(13)9-20-15-4-2-11(8-19)6-14(15)17/h1-6,19H,8-9H2. The molecule has 0 saturated carbocycles. The van der Waals surface area contributed by atoms with Crippen molar-refractivity contribution < 1.29 is 18.6 Å². The molecule has 0 fully saturated rings. The van der Waals surface area contributed by atoms with E-state index in [1.54, 1.807) is 0 Å². The van der Waals surface area contributed by atoms with Crippen molar-refractivity contribution in [2.24, 2.45) is 0 Å². The molecular formula is C15H11F2NO2. The minimum Gasteiger partial charge on any atom is -0.486 e. The minimum atomic E-state index is -0.620. The monoisotopic (exact) mass is 275 g/mol. The van der Waals surface area contributed by atoms with Crippen molar-refractivity contribution in [2.75, 3.05) is 0 Å². The van der Waals surface area contributed by atoms with Gasteiger partial charge in [0.25, 0.3) is 0 Å². The zero-order valence-electron chi connectivity index (χ0n) is 10.4. The Bertz CT molecular complexity index is 665. The molecule has 0 spiro atoms. The Morgan fingerprint density at radius 1 is 1.10 bits per heavy atom. The highest BCUT2D eigenvalue weighted by molar-refractivity contribution is 5.33. The molecule has 2 aromatic rings. The van der Waals surface area contributed by atoms with Gasteiger partial charge in [-0.25, -0.2) is 8.78 Å². The van der Waals surface area contributed by atoms with E-state index in [2.05, 4.69) is 0 Å². The van der Waals surface area contributed by atoms with E-state index in [0.717, 1.165) is 12.1 Å². The number of benzene rings is 2. The predicted octanol–water partition coefficient (Wildman–Crippen LogP) is 2.91. The lowest BCUT2D eigenvalue weighted by molar-refractivity contribution is 0.275. The van der Waals surface area contributed by atoms with Crippen molar-refractivity contribution in [3.8, 4) is 11.8 Å². The summed E-state index contributed by atoms with van der Waals surface area (Å²) in [4.78, 5) is 0. The molecule has 0 radical (unpaired) electrons. The van der Waals surface area contributed by atoms with Crippen molar-refractivity contribution in [1.29, 1.82) is 5.26 Å². The fraction of sp³-hybridized carbons (Fsp3) is 0.133. The Balaban J connectivity index is 2.11. The van der Waals surface area contributed by atoms with Gasteiger partial charge in [-0.3, -0.25) is 0 Å². The fourth-order valence-electron chi connectivity index (χ4n) is 1.65. The molecule has 2 aromatic carbocycles. The van der Waals surface area contributed by atoms with E-state index < -0.39 is 11.6 Å². The number of rotatable bonds is 4. The number of aliphatic hydroxyl groups excluding tert-OH is 1. The van der Waals surface area contributed by atoms with Crippen LogP contribution in [0.25, 0.3) is 0 Å². The van der Waals surface area contributed by atoms with Crippen LogP contribution in [0.1, 0.15) is 16.7 Å². The number of ether oxygens (including phenoxy) is 1. The molecule has 2 rings (SSSR count). The van der Waals surface area contributed by atoms with Crippen LogP contribution in [0.5, 0.6) is 5.75 Å². The normalized spacial score (nSPS) is 10.1. The summed E-state index contributed by atoms with van der Waals surface area (Å²) in [6.07, 6.45) is 0. The van der Waals surface area contributed by atoms with Gasteiger partial charge in [-0.1, -0.05) is 12.1 Å². The van der Waals surface area contributed by atoms with Gasteiger partial charge >= 0.3 is 0 Å². The summed E-state index contributed by atoms with van der Waals surface area (Å²) < 4.78 is 32.4. The smallest absolute Gasteiger partial charge is 0.165 e. The van der Waals surface area contributed by atoms with Crippen LogP contribution in [0.3, 0.4) is 0 Å². The number of nitrogens with zero attached hydrogens (tertiary/aromatic N) is 1. The molecule has 3 nitrogen and oxygen atoms in total. The van der Waals surface area contributed by atoms with Crippen LogP contribution in [-0.4, -0.2) is 5.11 Å². The molecule has 0 heterocycles. The Morgan fingerprint density at radius 3 is 2.50 bits per heavy atom. The molecule has 0 saturated heterocycles. The van der Waals surface area contributed by atoms with Gasteiger partial charge in [0.05, 0.1) is 18.2 Å². The van der Waals surface area contributed by atoms with E-state index in [1.807, 2.05) is 6.07 Å². The largest absolute Gasteiger partial charge is 0.486 e. The second-order valence-corrected chi connectivity index (χ2v) is 4.13. The topological polar surface area (TPSA) is 53.2 Å². The van der Waals surface area contributed by atoms with Gasteiger partial charge in [0, 0.05) is 5.56 Å². The average Bonchev–Trinajstić information content (AvgIpc) is 2.46. The molecule has 0 bridgehead atoms.